The van der Waals surface area contributed by atoms with E-state index in [1.807, 2.05) is 0 Å². The SMILES string of the molecule is CC(C)(C)C.CC(C)(C)C.CC(C)(C)C(F)(F)F.CC(C)(C)CC(C)(C)CO.CC(C)C.CCC.CS(C)(=O)=O. The van der Waals surface area contributed by atoms with Crippen molar-refractivity contribution >= 4 is 9.84 Å². The quantitative estimate of drug-likeness (QED) is 0.338. The second kappa shape index (κ2) is 24.2. The van der Waals surface area contributed by atoms with Crippen LogP contribution < -0.4 is 0 Å². The fourth-order valence-corrected chi connectivity index (χ4v) is 1.49. The molecule has 1 N–H and O–H groups in total. The minimum atomic E-state index is -4.06. The van der Waals surface area contributed by atoms with Crippen LogP contribution in [0.3, 0.4) is 0 Å². The number of aliphatic hydroxyl groups is 1. The maximum atomic E-state index is 11.6. The highest BCUT2D eigenvalue weighted by molar-refractivity contribution is 7.89. The standard InChI is InChI=1S/C9H20O.C5H9F3.2C5H12.C4H10.C3H8.C2H6O2S/c1-8(2,3)6-9(4,5)7-10;1-4(2,3)5(6,7)8;2*1-5(2,3)4;1-4(2)3;1-3-2;1-5(2,3)4/h10H,6-7H2,1-5H3;1-3H3;2*1-4H3;4H,1-3H3;3H2,1-2H3;1-2H3. The van der Waals surface area contributed by atoms with Gasteiger partial charge >= 0.3 is 6.18 Å². The van der Waals surface area contributed by atoms with Crippen LogP contribution in [0.4, 0.5) is 13.2 Å². The van der Waals surface area contributed by atoms with Gasteiger partial charge in [-0.3, -0.25) is 0 Å². The summed E-state index contributed by atoms with van der Waals surface area (Å²) in [5.74, 6) is 0.833. The highest BCUT2D eigenvalue weighted by Gasteiger charge is 2.42. The Morgan fingerprint density at radius 3 is 0.775 bits per heavy atom. The molecule has 0 aromatic carbocycles. The summed E-state index contributed by atoms with van der Waals surface area (Å²) >= 11 is 0. The van der Waals surface area contributed by atoms with Crippen LogP contribution in [0.1, 0.15) is 158 Å². The lowest BCUT2D eigenvalue weighted by molar-refractivity contribution is -0.204. The second-order valence-electron chi connectivity index (χ2n) is 17.4. The Morgan fingerprint density at radius 1 is 0.625 bits per heavy atom. The number of aliphatic hydroxyl groups excluding tert-OH is 1. The molecule has 0 rings (SSSR count). The molecule has 254 valence electrons. The maximum Gasteiger partial charge on any atom is 0.393 e. The number of hydrogen-bond donors (Lipinski definition) is 1. The monoisotopic (exact) mass is 611 g/mol. The number of halogens is 3. The normalized spacial score (nSPS) is 12.1. The van der Waals surface area contributed by atoms with Crippen molar-refractivity contribution in [2.75, 3.05) is 19.1 Å². The lowest BCUT2D eigenvalue weighted by atomic mass is 9.77. The Labute approximate surface area is 252 Å². The van der Waals surface area contributed by atoms with E-state index in [0.29, 0.717) is 16.2 Å². The number of rotatable bonds is 2. The first-order valence-electron chi connectivity index (χ1n) is 14.5. The predicted molar refractivity (Wildman–Crippen MR) is 178 cm³/mol. The van der Waals surface area contributed by atoms with E-state index in [0.717, 1.165) is 45.6 Å². The molecule has 0 radical (unpaired) electrons. The predicted octanol–water partition coefficient (Wildman–Crippen LogP) is 11.9. The summed E-state index contributed by atoms with van der Waals surface area (Å²) in [4.78, 5) is 0. The van der Waals surface area contributed by atoms with Crippen LogP contribution >= 0.6 is 0 Å². The molecular weight excluding hydrogens is 533 g/mol. The molecule has 0 saturated heterocycles. The van der Waals surface area contributed by atoms with Crippen molar-refractivity contribution < 1.29 is 26.7 Å². The Morgan fingerprint density at radius 2 is 0.750 bits per heavy atom. The Bertz CT molecular complexity index is 576. The number of hydrogen-bond acceptors (Lipinski definition) is 3. The molecule has 0 unspecified atom stereocenters. The minimum Gasteiger partial charge on any atom is -0.396 e. The van der Waals surface area contributed by atoms with Crippen LogP contribution in [0, 0.1) is 33.0 Å². The third-order valence-corrected chi connectivity index (χ3v) is 2.29. The average Bonchev–Trinajstić information content (AvgIpc) is 2.46. The lowest BCUT2D eigenvalue weighted by Gasteiger charge is -2.30. The maximum absolute atomic E-state index is 11.6. The van der Waals surface area contributed by atoms with Crippen LogP contribution in [0.2, 0.25) is 0 Å². The molecule has 0 aromatic heterocycles. The first-order chi connectivity index (χ1) is 16.7. The van der Waals surface area contributed by atoms with Crippen LogP contribution in [0.15, 0.2) is 0 Å². The van der Waals surface area contributed by atoms with Gasteiger partial charge in [0, 0.05) is 19.1 Å². The van der Waals surface area contributed by atoms with Gasteiger partial charge < -0.3 is 5.11 Å². The summed E-state index contributed by atoms with van der Waals surface area (Å²) in [6, 6.07) is 0. The fraction of sp³-hybridized carbons (Fsp3) is 1.00. The summed E-state index contributed by atoms with van der Waals surface area (Å²) in [5.41, 5.74) is -0.155. The Balaban J connectivity index is -0.0000000659. The van der Waals surface area contributed by atoms with E-state index in [9.17, 15) is 21.6 Å². The highest BCUT2D eigenvalue weighted by atomic mass is 32.2. The van der Waals surface area contributed by atoms with Gasteiger partial charge in [-0.25, -0.2) is 8.42 Å². The summed E-state index contributed by atoms with van der Waals surface area (Å²) in [6.07, 6.45) is 0.573. The van der Waals surface area contributed by atoms with E-state index < -0.39 is 21.4 Å². The minimum absolute atomic E-state index is 0.0816. The van der Waals surface area contributed by atoms with E-state index in [2.05, 4.69) is 125 Å². The zero-order valence-electron chi connectivity index (χ0n) is 31.5. The van der Waals surface area contributed by atoms with Crippen molar-refractivity contribution in [3.63, 3.8) is 0 Å². The second-order valence-corrected chi connectivity index (χ2v) is 19.7. The molecule has 0 fully saturated rings. The van der Waals surface area contributed by atoms with E-state index in [4.69, 9.17) is 5.11 Å². The van der Waals surface area contributed by atoms with Crippen LogP contribution in [-0.4, -0.2) is 38.8 Å². The molecule has 0 aliphatic rings. The number of sulfone groups is 1. The van der Waals surface area contributed by atoms with Crippen LogP contribution in [0.25, 0.3) is 0 Å². The third-order valence-electron chi connectivity index (χ3n) is 2.29. The zero-order chi connectivity index (χ0) is 35.2. The van der Waals surface area contributed by atoms with Gasteiger partial charge in [0.1, 0.15) is 9.84 Å². The van der Waals surface area contributed by atoms with E-state index in [-0.39, 0.29) is 12.0 Å². The molecular formula is C33H77F3O3S. The molecule has 0 saturated carbocycles. The molecule has 0 atom stereocenters. The topological polar surface area (TPSA) is 54.4 Å². The zero-order valence-corrected chi connectivity index (χ0v) is 32.3. The fourth-order valence-electron chi connectivity index (χ4n) is 1.49. The van der Waals surface area contributed by atoms with Gasteiger partial charge in [-0.1, -0.05) is 152 Å². The van der Waals surface area contributed by atoms with Gasteiger partial charge in [-0.05, 0) is 34.0 Å². The molecule has 0 bridgehead atoms. The first kappa shape index (κ1) is 55.6. The molecule has 40 heavy (non-hydrogen) atoms. The van der Waals surface area contributed by atoms with E-state index in [1.165, 1.54) is 6.42 Å². The van der Waals surface area contributed by atoms with Gasteiger partial charge in [-0.2, -0.15) is 13.2 Å². The molecule has 0 aromatic rings. The molecule has 0 heterocycles. The van der Waals surface area contributed by atoms with Crippen molar-refractivity contribution in [2.24, 2.45) is 33.0 Å². The Kier molecular flexibility index (Phi) is 33.6. The molecule has 7 heteroatoms. The van der Waals surface area contributed by atoms with Crippen molar-refractivity contribution in [3.8, 4) is 0 Å². The van der Waals surface area contributed by atoms with E-state index >= 15 is 0 Å². The number of alkyl halides is 3. The highest BCUT2D eigenvalue weighted by Crippen LogP contribution is 2.36. The average molecular weight is 611 g/mol. The van der Waals surface area contributed by atoms with Crippen molar-refractivity contribution in [1.82, 2.24) is 0 Å². The van der Waals surface area contributed by atoms with Crippen molar-refractivity contribution in [1.29, 1.82) is 0 Å². The molecule has 0 aliphatic carbocycles. The Hall–Kier alpha value is -0.300. The smallest absolute Gasteiger partial charge is 0.393 e. The van der Waals surface area contributed by atoms with E-state index in [1.54, 1.807) is 0 Å². The third kappa shape index (κ3) is 162. The summed E-state index contributed by atoms with van der Waals surface area (Å²) in [5, 5.41) is 8.96. The van der Waals surface area contributed by atoms with Gasteiger partial charge in [0.25, 0.3) is 0 Å². The van der Waals surface area contributed by atoms with Crippen LogP contribution in [-0.2, 0) is 9.84 Å². The summed E-state index contributed by atoms with van der Waals surface area (Å²) in [7, 11) is -2.67. The summed E-state index contributed by atoms with van der Waals surface area (Å²) in [6.45, 7) is 42.8. The van der Waals surface area contributed by atoms with Gasteiger partial charge in [0.15, 0.2) is 0 Å². The van der Waals surface area contributed by atoms with Crippen molar-refractivity contribution in [3.05, 3.63) is 0 Å². The largest absolute Gasteiger partial charge is 0.396 e. The van der Waals surface area contributed by atoms with Gasteiger partial charge in [0.2, 0.25) is 0 Å². The molecule has 0 spiro atoms. The van der Waals surface area contributed by atoms with Gasteiger partial charge in [-0.15, -0.1) is 0 Å². The molecule has 3 nitrogen and oxygen atoms in total. The first-order valence-corrected chi connectivity index (χ1v) is 16.8. The molecule has 0 amide bonds. The molecule has 0 aliphatic heterocycles. The van der Waals surface area contributed by atoms with Crippen molar-refractivity contribution in [2.45, 2.75) is 164 Å². The lowest BCUT2D eigenvalue weighted by Crippen LogP contribution is -2.28. The van der Waals surface area contributed by atoms with Crippen LogP contribution in [0.5, 0.6) is 0 Å². The van der Waals surface area contributed by atoms with Gasteiger partial charge in [0.05, 0.1) is 5.41 Å². The summed E-state index contributed by atoms with van der Waals surface area (Å²) < 4.78 is 54.0.